The summed E-state index contributed by atoms with van der Waals surface area (Å²) in [6, 6.07) is 9.41. The lowest BCUT2D eigenvalue weighted by molar-refractivity contribution is 0.0603. The number of piperazine rings is 1. The number of nitrogens with one attached hydrogen (secondary N) is 1. The van der Waals surface area contributed by atoms with Gasteiger partial charge in [-0.2, -0.15) is 0 Å². The first-order valence-electron chi connectivity index (χ1n) is 10.7. The van der Waals surface area contributed by atoms with Crippen molar-refractivity contribution in [3.63, 3.8) is 0 Å². The first kappa shape index (κ1) is 21.1. The summed E-state index contributed by atoms with van der Waals surface area (Å²) < 4.78 is 16.9. The van der Waals surface area contributed by atoms with Gasteiger partial charge >= 0.3 is 11.7 Å². The van der Waals surface area contributed by atoms with Gasteiger partial charge < -0.3 is 23.8 Å². The lowest BCUT2D eigenvalue weighted by Crippen LogP contribution is -2.48. The molecule has 1 aliphatic heterocycles. The number of benzene rings is 2. The number of aromatic nitrogens is 2. The zero-order valence-corrected chi connectivity index (χ0v) is 18.4. The molecule has 0 atom stereocenters. The maximum Gasteiger partial charge on any atom is 0.341 e. The van der Waals surface area contributed by atoms with Gasteiger partial charge in [-0.25, -0.2) is 9.59 Å². The normalized spacial score (nSPS) is 14.9. The Morgan fingerprint density at radius 1 is 1.09 bits per heavy atom. The number of carbonyl (C=O) groups is 1. The number of furan rings is 2. The number of ether oxygens (including phenoxy) is 2. The molecule has 4 aromatic rings. The Balaban J connectivity index is 1.31. The van der Waals surface area contributed by atoms with E-state index in [9.17, 15) is 14.4 Å². The molecule has 1 N–H and O–H groups in total. The highest BCUT2D eigenvalue weighted by atomic mass is 16.5. The summed E-state index contributed by atoms with van der Waals surface area (Å²) in [5, 5.41) is 0.276. The van der Waals surface area contributed by atoms with Crippen molar-refractivity contribution in [2.24, 2.45) is 0 Å². The summed E-state index contributed by atoms with van der Waals surface area (Å²) >= 11 is 0. The van der Waals surface area contributed by atoms with Crippen LogP contribution in [-0.4, -0.2) is 67.4 Å². The van der Waals surface area contributed by atoms with E-state index in [0.29, 0.717) is 6.54 Å². The SMILES string of the molecule is COC(=O)c1cc2oc1c1[nH]c(=O)n(CCN3CCN(c4ccccc4OC)CC3)c(=O)c21. The van der Waals surface area contributed by atoms with Crippen molar-refractivity contribution < 1.29 is 18.7 Å². The second kappa shape index (κ2) is 8.28. The number of aromatic amines is 1. The molecule has 10 heteroatoms. The number of rotatable bonds is 6. The molecule has 0 aliphatic carbocycles. The van der Waals surface area contributed by atoms with Crippen LogP contribution in [0, 0.1) is 0 Å². The lowest BCUT2D eigenvalue weighted by Gasteiger charge is -2.36. The van der Waals surface area contributed by atoms with Gasteiger partial charge in [-0.1, -0.05) is 12.1 Å². The average molecular weight is 452 g/mol. The van der Waals surface area contributed by atoms with Crippen LogP contribution in [0.1, 0.15) is 10.4 Å². The van der Waals surface area contributed by atoms with E-state index in [4.69, 9.17) is 13.9 Å². The highest BCUT2D eigenvalue weighted by Gasteiger charge is 2.25. The van der Waals surface area contributed by atoms with Crippen molar-refractivity contribution in [2.75, 3.05) is 51.8 Å². The van der Waals surface area contributed by atoms with E-state index < -0.39 is 17.2 Å². The highest BCUT2D eigenvalue weighted by Crippen LogP contribution is 2.31. The quantitative estimate of drug-likeness (QED) is 0.438. The van der Waals surface area contributed by atoms with Gasteiger partial charge in [0.15, 0.2) is 5.58 Å². The van der Waals surface area contributed by atoms with E-state index in [1.54, 1.807) is 7.11 Å². The van der Waals surface area contributed by atoms with Crippen LogP contribution in [0.5, 0.6) is 5.75 Å². The Bertz CT molecular complexity index is 1430. The number of para-hydroxylation sites is 2. The number of methoxy groups -OCH3 is 2. The molecule has 3 aromatic heterocycles. The number of hydrogen-bond acceptors (Lipinski definition) is 8. The van der Waals surface area contributed by atoms with Crippen molar-refractivity contribution in [3.05, 3.63) is 56.7 Å². The predicted octanol–water partition coefficient (Wildman–Crippen LogP) is 1.49. The molecule has 1 aromatic carbocycles. The minimum absolute atomic E-state index is 0.167. The fourth-order valence-corrected chi connectivity index (χ4v) is 4.48. The van der Waals surface area contributed by atoms with E-state index >= 15 is 0 Å². The summed E-state index contributed by atoms with van der Waals surface area (Å²) in [4.78, 5) is 44.8. The van der Waals surface area contributed by atoms with Crippen LogP contribution in [0.3, 0.4) is 0 Å². The van der Waals surface area contributed by atoms with E-state index in [1.165, 1.54) is 17.7 Å². The van der Waals surface area contributed by atoms with E-state index in [2.05, 4.69) is 14.8 Å². The number of anilines is 1. The molecule has 0 spiro atoms. The van der Waals surface area contributed by atoms with Crippen LogP contribution >= 0.6 is 0 Å². The molecule has 1 aliphatic rings. The second-order valence-electron chi connectivity index (χ2n) is 7.98. The van der Waals surface area contributed by atoms with Crippen molar-refractivity contribution in [2.45, 2.75) is 6.54 Å². The van der Waals surface area contributed by atoms with E-state index in [-0.39, 0.29) is 34.2 Å². The molecule has 1 fully saturated rings. The predicted molar refractivity (Wildman–Crippen MR) is 123 cm³/mol. The molecule has 0 radical (unpaired) electrons. The average Bonchev–Trinajstić information content (AvgIpc) is 3.43. The van der Waals surface area contributed by atoms with Gasteiger partial charge in [-0.3, -0.25) is 14.3 Å². The van der Waals surface area contributed by atoms with E-state index in [1.807, 2.05) is 24.3 Å². The Hall–Kier alpha value is -3.79. The molecule has 0 saturated carbocycles. The molecule has 1 saturated heterocycles. The van der Waals surface area contributed by atoms with Crippen LogP contribution in [0.15, 0.2) is 44.3 Å². The first-order valence-corrected chi connectivity index (χ1v) is 10.7. The van der Waals surface area contributed by atoms with Gasteiger partial charge in [0.25, 0.3) is 5.56 Å². The fraction of sp³-hybridized carbons (Fsp3) is 0.348. The van der Waals surface area contributed by atoms with Crippen molar-refractivity contribution in [1.29, 1.82) is 0 Å². The number of carbonyl (C=O) groups excluding carboxylic acids is 1. The largest absolute Gasteiger partial charge is 0.495 e. The Morgan fingerprint density at radius 3 is 2.58 bits per heavy atom. The third-order valence-corrected chi connectivity index (χ3v) is 6.23. The summed E-state index contributed by atoms with van der Waals surface area (Å²) in [5.74, 6) is 0.265. The molecule has 0 unspecified atom stereocenters. The van der Waals surface area contributed by atoms with Gasteiger partial charge in [-0.15, -0.1) is 0 Å². The monoisotopic (exact) mass is 452 g/mol. The minimum Gasteiger partial charge on any atom is -0.495 e. The molecule has 10 nitrogen and oxygen atoms in total. The lowest BCUT2D eigenvalue weighted by atomic mass is 10.1. The summed E-state index contributed by atoms with van der Waals surface area (Å²) in [7, 11) is 2.93. The second-order valence-corrected chi connectivity index (χ2v) is 7.98. The molecule has 172 valence electrons. The molecule has 0 amide bonds. The Labute approximate surface area is 188 Å². The maximum absolute atomic E-state index is 13.0. The number of esters is 1. The molecule has 5 rings (SSSR count). The Kier molecular flexibility index (Phi) is 5.29. The van der Waals surface area contributed by atoms with Gasteiger partial charge in [-0.05, 0) is 12.1 Å². The third kappa shape index (κ3) is 3.52. The van der Waals surface area contributed by atoms with Gasteiger partial charge in [0.2, 0.25) is 0 Å². The van der Waals surface area contributed by atoms with E-state index in [0.717, 1.165) is 37.6 Å². The van der Waals surface area contributed by atoms with Crippen molar-refractivity contribution in [1.82, 2.24) is 14.5 Å². The molecule has 4 heterocycles. The van der Waals surface area contributed by atoms with Crippen LogP contribution in [0.25, 0.3) is 22.1 Å². The highest BCUT2D eigenvalue weighted by molar-refractivity contribution is 6.13. The first-order chi connectivity index (χ1) is 16.0. The number of fused-ring (bicyclic) bond motifs is 5. The standard InChI is InChI=1S/C23H24N4O6/c1-31-16-6-4-3-5-15(16)26-10-7-25(8-11-26)9-12-27-21(28)18-17-13-14(22(29)32-2)20(33-17)19(18)24-23(27)30/h3-6,13H,7-12H2,1-2H3,(H,24,30). The van der Waals surface area contributed by atoms with Crippen LogP contribution in [0.2, 0.25) is 0 Å². The molecule has 33 heavy (non-hydrogen) atoms. The maximum atomic E-state index is 13.0. The van der Waals surface area contributed by atoms with Gasteiger partial charge in [0.05, 0.1) is 19.9 Å². The molecule has 2 bridgehead atoms. The fourth-order valence-electron chi connectivity index (χ4n) is 4.48. The minimum atomic E-state index is -0.581. The summed E-state index contributed by atoms with van der Waals surface area (Å²) in [6.07, 6.45) is 0. The van der Waals surface area contributed by atoms with Crippen LogP contribution < -0.4 is 20.9 Å². The summed E-state index contributed by atoms with van der Waals surface area (Å²) in [5.41, 5.74) is 0.980. The van der Waals surface area contributed by atoms with Crippen molar-refractivity contribution in [3.8, 4) is 5.75 Å². The van der Waals surface area contributed by atoms with Gasteiger partial charge in [0.1, 0.15) is 27.8 Å². The van der Waals surface area contributed by atoms with Crippen LogP contribution in [0.4, 0.5) is 5.69 Å². The van der Waals surface area contributed by atoms with Crippen LogP contribution in [-0.2, 0) is 11.3 Å². The topological polar surface area (TPSA) is 110 Å². The van der Waals surface area contributed by atoms with Crippen molar-refractivity contribution >= 4 is 33.7 Å². The summed E-state index contributed by atoms with van der Waals surface area (Å²) in [6.45, 7) is 4.07. The molecular weight excluding hydrogens is 428 g/mol. The number of hydrogen-bond donors (Lipinski definition) is 1. The number of H-pyrrole nitrogens is 1. The smallest absolute Gasteiger partial charge is 0.341 e. The Morgan fingerprint density at radius 2 is 1.85 bits per heavy atom. The zero-order valence-electron chi connectivity index (χ0n) is 18.4. The molecular formula is C23H24N4O6. The number of nitrogens with zero attached hydrogens (tertiary/aromatic N) is 3. The zero-order chi connectivity index (χ0) is 23.1. The van der Waals surface area contributed by atoms with Gasteiger partial charge in [0, 0.05) is 45.3 Å². The third-order valence-electron chi connectivity index (χ3n) is 6.23.